The van der Waals surface area contributed by atoms with E-state index in [1.807, 2.05) is 31.2 Å². The van der Waals surface area contributed by atoms with Crippen molar-refractivity contribution in [3.05, 3.63) is 77.5 Å². The third-order valence-electron chi connectivity index (χ3n) is 4.19. The highest BCUT2D eigenvalue weighted by Gasteiger charge is 2.12. The summed E-state index contributed by atoms with van der Waals surface area (Å²) in [4.78, 5) is 11.5. The monoisotopic (exact) mass is 332 g/mol. The van der Waals surface area contributed by atoms with E-state index in [1.54, 1.807) is 0 Å². The van der Waals surface area contributed by atoms with Crippen molar-refractivity contribution < 1.29 is 0 Å². The summed E-state index contributed by atoms with van der Waals surface area (Å²) in [6, 6.07) is 20.6. The normalized spacial score (nSPS) is 10.5. The number of hydrogen-bond acceptors (Lipinski definition) is 4. The minimum absolute atomic E-state index is 0.723. The maximum absolute atomic E-state index is 4.73. The van der Waals surface area contributed by atoms with E-state index in [2.05, 4.69) is 65.4 Å². The van der Waals surface area contributed by atoms with Crippen LogP contribution in [0, 0.1) is 13.8 Å². The van der Waals surface area contributed by atoms with Crippen LogP contribution in [-0.2, 0) is 6.54 Å². The quantitative estimate of drug-likeness (QED) is 0.699. The van der Waals surface area contributed by atoms with Crippen LogP contribution in [0.5, 0.6) is 0 Å². The molecule has 0 saturated heterocycles. The lowest BCUT2D eigenvalue weighted by atomic mass is 10.1. The van der Waals surface area contributed by atoms with Crippen molar-refractivity contribution in [2.45, 2.75) is 27.3 Å². The summed E-state index contributed by atoms with van der Waals surface area (Å²) in [5.74, 6) is 1.57. The number of aryl methyl sites for hydroxylation is 2. The van der Waals surface area contributed by atoms with Crippen LogP contribution >= 0.6 is 0 Å². The summed E-state index contributed by atoms with van der Waals surface area (Å²) in [7, 11) is 0. The molecule has 0 saturated carbocycles. The van der Waals surface area contributed by atoms with Crippen molar-refractivity contribution >= 4 is 17.5 Å². The summed E-state index contributed by atoms with van der Waals surface area (Å²) in [5.41, 5.74) is 4.60. The average Bonchev–Trinajstić information content (AvgIpc) is 2.62. The number of rotatable bonds is 6. The second-order valence-electron chi connectivity index (χ2n) is 6.05. The Balaban J connectivity index is 1.84. The summed E-state index contributed by atoms with van der Waals surface area (Å²) < 4.78 is 0. The van der Waals surface area contributed by atoms with Gasteiger partial charge in [0.1, 0.15) is 5.82 Å². The molecule has 4 nitrogen and oxygen atoms in total. The lowest BCUT2D eigenvalue weighted by molar-refractivity contribution is 0.929. The SMILES string of the molecule is CCN(c1ccccc1)c1nc(C)cc(NCc2ccccc2C)n1. The Labute approximate surface area is 149 Å². The molecule has 1 heterocycles. The molecule has 3 aromatic rings. The molecule has 0 amide bonds. The molecular formula is C21H24N4. The minimum Gasteiger partial charge on any atom is -0.366 e. The second-order valence-corrected chi connectivity index (χ2v) is 6.05. The van der Waals surface area contributed by atoms with Gasteiger partial charge >= 0.3 is 0 Å². The van der Waals surface area contributed by atoms with Gasteiger partial charge in [0, 0.05) is 30.5 Å². The second kappa shape index (κ2) is 7.79. The Hall–Kier alpha value is -2.88. The van der Waals surface area contributed by atoms with Crippen LogP contribution in [0.4, 0.5) is 17.5 Å². The standard InChI is InChI=1S/C21H24N4/c1-4-25(19-12-6-5-7-13-19)21-23-17(3)14-20(24-21)22-15-18-11-9-8-10-16(18)2/h5-14H,4,15H2,1-3H3,(H,22,23,24). The number of benzene rings is 2. The summed E-state index contributed by atoms with van der Waals surface area (Å²) >= 11 is 0. The number of nitrogens with zero attached hydrogens (tertiary/aromatic N) is 3. The molecule has 2 aromatic carbocycles. The molecule has 1 N–H and O–H groups in total. The van der Waals surface area contributed by atoms with Gasteiger partial charge in [-0.15, -0.1) is 0 Å². The number of hydrogen-bond donors (Lipinski definition) is 1. The van der Waals surface area contributed by atoms with Gasteiger partial charge in [0.25, 0.3) is 0 Å². The molecule has 0 atom stereocenters. The van der Waals surface area contributed by atoms with Gasteiger partial charge in [-0.25, -0.2) is 4.98 Å². The highest BCUT2D eigenvalue weighted by atomic mass is 15.3. The average molecular weight is 332 g/mol. The Morgan fingerprint density at radius 1 is 0.920 bits per heavy atom. The van der Waals surface area contributed by atoms with Crippen LogP contribution < -0.4 is 10.2 Å². The van der Waals surface area contributed by atoms with Gasteiger partial charge in [0.05, 0.1) is 0 Å². The first-order chi connectivity index (χ1) is 12.2. The summed E-state index contributed by atoms with van der Waals surface area (Å²) in [5, 5.41) is 3.44. The molecule has 0 aliphatic carbocycles. The van der Waals surface area contributed by atoms with Gasteiger partial charge in [-0.2, -0.15) is 4.98 Å². The smallest absolute Gasteiger partial charge is 0.232 e. The van der Waals surface area contributed by atoms with E-state index in [9.17, 15) is 0 Å². The maximum atomic E-state index is 4.73. The van der Waals surface area contributed by atoms with Gasteiger partial charge < -0.3 is 10.2 Å². The van der Waals surface area contributed by atoms with E-state index in [0.717, 1.165) is 36.2 Å². The van der Waals surface area contributed by atoms with Gasteiger partial charge in [0.15, 0.2) is 0 Å². The number of anilines is 3. The van der Waals surface area contributed by atoms with Crippen molar-refractivity contribution in [1.82, 2.24) is 9.97 Å². The number of aromatic nitrogens is 2. The van der Waals surface area contributed by atoms with Crippen LogP contribution in [0.1, 0.15) is 23.7 Å². The van der Waals surface area contributed by atoms with E-state index >= 15 is 0 Å². The first kappa shape index (κ1) is 17.0. The van der Waals surface area contributed by atoms with Crippen LogP contribution in [0.3, 0.4) is 0 Å². The summed E-state index contributed by atoms with van der Waals surface area (Å²) in [6.45, 7) is 7.80. The molecule has 0 spiro atoms. The van der Waals surface area contributed by atoms with Crippen LogP contribution in [0.15, 0.2) is 60.7 Å². The topological polar surface area (TPSA) is 41.1 Å². The zero-order valence-corrected chi connectivity index (χ0v) is 15.0. The van der Waals surface area contributed by atoms with Crippen LogP contribution in [-0.4, -0.2) is 16.5 Å². The van der Waals surface area contributed by atoms with E-state index in [0.29, 0.717) is 0 Å². The number of para-hydroxylation sites is 1. The van der Waals surface area contributed by atoms with Crippen molar-refractivity contribution in [3.63, 3.8) is 0 Å². The van der Waals surface area contributed by atoms with E-state index in [4.69, 9.17) is 4.98 Å². The molecule has 1 aromatic heterocycles. The van der Waals surface area contributed by atoms with Crippen molar-refractivity contribution in [2.75, 3.05) is 16.8 Å². The van der Waals surface area contributed by atoms with E-state index < -0.39 is 0 Å². The first-order valence-electron chi connectivity index (χ1n) is 8.64. The molecule has 0 unspecified atom stereocenters. The molecular weight excluding hydrogens is 308 g/mol. The molecule has 0 aliphatic rings. The van der Waals surface area contributed by atoms with Gasteiger partial charge in [-0.05, 0) is 44.0 Å². The predicted molar refractivity (Wildman–Crippen MR) is 104 cm³/mol. The van der Waals surface area contributed by atoms with Crippen molar-refractivity contribution in [1.29, 1.82) is 0 Å². The fraction of sp³-hybridized carbons (Fsp3) is 0.238. The number of nitrogens with one attached hydrogen (secondary N) is 1. The van der Waals surface area contributed by atoms with E-state index in [1.165, 1.54) is 11.1 Å². The van der Waals surface area contributed by atoms with Crippen molar-refractivity contribution in [2.24, 2.45) is 0 Å². The Morgan fingerprint density at radius 2 is 1.64 bits per heavy atom. The lowest BCUT2D eigenvalue weighted by Gasteiger charge is -2.22. The fourth-order valence-corrected chi connectivity index (χ4v) is 2.81. The van der Waals surface area contributed by atoms with Gasteiger partial charge in [-0.3, -0.25) is 0 Å². The zero-order valence-electron chi connectivity index (χ0n) is 15.0. The molecule has 0 aliphatic heterocycles. The molecule has 4 heteroatoms. The molecule has 25 heavy (non-hydrogen) atoms. The maximum Gasteiger partial charge on any atom is 0.232 e. The predicted octanol–water partition coefficient (Wildman–Crippen LogP) is 4.86. The highest BCUT2D eigenvalue weighted by Crippen LogP contribution is 2.23. The van der Waals surface area contributed by atoms with Gasteiger partial charge in [-0.1, -0.05) is 42.5 Å². The highest BCUT2D eigenvalue weighted by molar-refractivity contribution is 5.58. The van der Waals surface area contributed by atoms with Crippen LogP contribution in [0.25, 0.3) is 0 Å². The summed E-state index contributed by atoms with van der Waals surface area (Å²) in [6.07, 6.45) is 0. The van der Waals surface area contributed by atoms with Crippen LogP contribution in [0.2, 0.25) is 0 Å². The van der Waals surface area contributed by atoms with E-state index in [-0.39, 0.29) is 0 Å². The third kappa shape index (κ3) is 4.15. The molecule has 0 fully saturated rings. The molecule has 0 radical (unpaired) electrons. The Bertz CT molecular complexity index is 830. The Morgan fingerprint density at radius 3 is 2.36 bits per heavy atom. The lowest BCUT2D eigenvalue weighted by Crippen LogP contribution is -2.19. The largest absolute Gasteiger partial charge is 0.366 e. The van der Waals surface area contributed by atoms with Crippen molar-refractivity contribution in [3.8, 4) is 0 Å². The Kier molecular flexibility index (Phi) is 5.29. The molecule has 0 bridgehead atoms. The fourth-order valence-electron chi connectivity index (χ4n) is 2.81. The first-order valence-corrected chi connectivity index (χ1v) is 8.64. The third-order valence-corrected chi connectivity index (χ3v) is 4.19. The molecule has 128 valence electrons. The zero-order chi connectivity index (χ0) is 17.6. The molecule has 3 rings (SSSR count). The minimum atomic E-state index is 0.723. The van der Waals surface area contributed by atoms with Gasteiger partial charge in [0.2, 0.25) is 5.95 Å².